The molecule has 158 valence electrons. The molecule has 1 fully saturated rings. The van der Waals surface area contributed by atoms with Gasteiger partial charge in [0.2, 0.25) is 5.88 Å². The van der Waals surface area contributed by atoms with Gasteiger partial charge in [0.05, 0.1) is 24.1 Å². The summed E-state index contributed by atoms with van der Waals surface area (Å²) in [7, 11) is 0. The number of hydrogen-bond acceptors (Lipinski definition) is 5. The highest BCUT2D eigenvalue weighted by atomic mass is 35.5. The average molecular weight is 430 g/mol. The Morgan fingerprint density at radius 3 is 2.70 bits per heavy atom. The first-order valence-electron chi connectivity index (χ1n) is 10.0. The molecule has 7 nitrogen and oxygen atoms in total. The van der Waals surface area contributed by atoms with Crippen molar-refractivity contribution in [1.82, 2.24) is 14.7 Å². The normalized spacial score (nSPS) is 19.4. The SMILES string of the molecule is O=C(O)C1CCC(O)N1CCCOc1nn(Cc2ccc(Cl)cc2)c2ccccc12. The number of halogens is 1. The van der Waals surface area contributed by atoms with E-state index in [9.17, 15) is 15.0 Å². The molecule has 2 atom stereocenters. The van der Waals surface area contributed by atoms with Gasteiger partial charge in [-0.3, -0.25) is 14.4 Å². The van der Waals surface area contributed by atoms with Crippen LogP contribution in [-0.2, 0) is 11.3 Å². The maximum Gasteiger partial charge on any atom is 0.320 e. The average Bonchev–Trinajstić information content (AvgIpc) is 3.28. The van der Waals surface area contributed by atoms with Crippen LogP contribution in [0.2, 0.25) is 5.02 Å². The number of benzene rings is 2. The van der Waals surface area contributed by atoms with Gasteiger partial charge >= 0.3 is 5.97 Å². The molecule has 0 bridgehead atoms. The number of hydrogen-bond donors (Lipinski definition) is 2. The van der Waals surface area contributed by atoms with Crippen LogP contribution in [0.3, 0.4) is 0 Å². The molecule has 0 aliphatic carbocycles. The number of carboxylic acids is 1. The Hall–Kier alpha value is -2.61. The first-order valence-corrected chi connectivity index (χ1v) is 10.4. The van der Waals surface area contributed by atoms with Crippen LogP contribution in [0.5, 0.6) is 5.88 Å². The molecule has 0 amide bonds. The summed E-state index contributed by atoms with van der Waals surface area (Å²) in [4.78, 5) is 13.0. The summed E-state index contributed by atoms with van der Waals surface area (Å²) in [5, 5.41) is 25.6. The number of aliphatic carboxylic acids is 1. The third kappa shape index (κ3) is 4.43. The number of carboxylic acid groups (broad SMARTS) is 1. The van der Waals surface area contributed by atoms with E-state index in [1.807, 2.05) is 53.2 Å². The van der Waals surface area contributed by atoms with E-state index in [1.54, 1.807) is 4.90 Å². The zero-order valence-corrected chi connectivity index (χ0v) is 17.2. The first kappa shape index (κ1) is 20.7. The molecule has 30 heavy (non-hydrogen) atoms. The molecular formula is C22H24ClN3O4. The predicted molar refractivity (Wildman–Crippen MR) is 114 cm³/mol. The molecule has 2 unspecified atom stereocenters. The standard InChI is InChI=1S/C22H24ClN3O4/c23-16-8-6-15(7-9-16)14-26-18-5-2-1-4-17(18)21(24-26)30-13-3-12-25-19(22(28)29)10-11-20(25)27/h1-2,4-9,19-20,27H,3,10-14H2,(H,28,29). The summed E-state index contributed by atoms with van der Waals surface area (Å²) in [6.45, 7) is 1.44. The number of aliphatic hydroxyl groups excluding tert-OH is 1. The Morgan fingerprint density at radius 2 is 1.93 bits per heavy atom. The van der Waals surface area contributed by atoms with Gasteiger partial charge in [0.25, 0.3) is 0 Å². The lowest BCUT2D eigenvalue weighted by atomic mass is 10.2. The Balaban J connectivity index is 1.42. The number of para-hydroxylation sites is 1. The number of aliphatic hydroxyl groups is 1. The molecule has 0 spiro atoms. The van der Waals surface area contributed by atoms with E-state index < -0.39 is 18.2 Å². The van der Waals surface area contributed by atoms with E-state index in [4.69, 9.17) is 16.3 Å². The summed E-state index contributed by atoms with van der Waals surface area (Å²) < 4.78 is 7.84. The van der Waals surface area contributed by atoms with Crippen LogP contribution in [-0.4, -0.2) is 56.3 Å². The Bertz CT molecular complexity index is 1020. The topological polar surface area (TPSA) is 87.8 Å². The molecule has 2 heterocycles. The van der Waals surface area contributed by atoms with Crippen LogP contribution in [0.1, 0.15) is 24.8 Å². The summed E-state index contributed by atoms with van der Waals surface area (Å²) in [6, 6.07) is 14.9. The summed E-state index contributed by atoms with van der Waals surface area (Å²) >= 11 is 5.97. The van der Waals surface area contributed by atoms with Gasteiger partial charge in [-0.1, -0.05) is 35.9 Å². The largest absolute Gasteiger partial charge is 0.480 e. The monoisotopic (exact) mass is 429 g/mol. The van der Waals surface area contributed by atoms with Gasteiger partial charge in [-0.05, 0) is 49.1 Å². The number of ether oxygens (including phenoxy) is 1. The van der Waals surface area contributed by atoms with Crippen molar-refractivity contribution < 1.29 is 19.7 Å². The second-order valence-corrected chi connectivity index (χ2v) is 7.89. The number of nitrogens with zero attached hydrogens (tertiary/aromatic N) is 3. The van der Waals surface area contributed by atoms with Gasteiger partial charge in [-0.2, -0.15) is 0 Å². The van der Waals surface area contributed by atoms with Crippen LogP contribution >= 0.6 is 11.6 Å². The molecular weight excluding hydrogens is 406 g/mol. The number of likely N-dealkylation sites (tertiary alicyclic amines) is 1. The second kappa shape index (κ2) is 9.04. The van der Waals surface area contributed by atoms with Crippen LogP contribution in [0, 0.1) is 0 Å². The number of aromatic nitrogens is 2. The lowest BCUT2D eigenvalue weighted by Gasteiger charge is -2.24. The zero-order valence-electron chi connectivity index (χ0n) is 16.4. The third-order valence-electron chi connectivity index (χ3n) is 5.44. The van der Waals surface area contributed by atoms with Gasteiger partial charge in [0.15, 0.2) is 0 Å². The van der Waals surface area contributed by atoms with Crippen molar-refractivity contribution in [2.75, 3.05) is 13.2 Å². The van der Waals surface area contributed by atoms with Crippen LogP contribution < -0.4 is 4.74 Å². The minimum Gasteiger partial charge on any atom is -0.480 e. The van der Waals surface area contributed by atoms with Crippen LogP contribution in [0.4, 0.5) is 0 Å². The van der Waals surface area contributed by atoms with Crippen LogP contribution in [0.25, 0.3) is 10.9 Å². The molecule has 8 heteroatoms. The minimum atomic E-state index is -0.889. The van der Waals surface area contributed by atoms with E-state index >= 15 is 0 Å². The lowest BCUT2D eigenvalue weighted by molar-refractivity contribution is -0.144. The summed E-state index contributed by atoms with van der Waals surface area (Å²) in [5.41, 5.74) is 2.06. The fourth-order valence-corrected chi connectivity index (χ4v) is 4.05. The quantitative estimate of drug-likeness (QED) is 0.534. The number of fused-ring (bicyclic) bond motifs is 1. The molecule has 0 radical (unpaired) electrons. The van der Waals surface area contributed by atoms with Gasteiger partial charge in [0.1, 0.15) is 12.3 Å². The Kier molecular flexibility index (Phi) is 6.22. The third-order valence-corrected chi connectivity index (χ3v) is 5.69. The fraction of sp³-hybridized carbons (Fsp3) is 0.364. The molecule has 1 aliphatic heterocycles. The molecule has 2 aromatic carbocycles. The van der Waals surface area contributed by atoms with Crippen molar-refractivity contribution in [3.05, 3.63) is 59.1 Å². The summed E-state index contributed by atoms with van der Waals surface area (Å²) in [5.74, 6) is -0.337. The van der Waals surface area contributed by atoms with E-state index in [0.717, 1.165) is 16.5 Å². The molecule has 3 aromatic rings. The van der Waals surface area contributed by atoms with Gasteiger partial charge < -0.3 is 14.9 Å². The molecule has 1 saturated heterocycles. The predicted octanol–water partition coefficient (Wildman–Crippen LogP) is 3.37. The molecule has 2 N–H and O–H groups in total. The van der Waals surface area contributed by atoms with Gasteiger partial charge in [-0.25, -0.2) is 0 Å². The van der Waals surface area contributed by atoms with Crippen molar-refractivity contribution >= 4 is 28.5 Å². The first-order chi connectivity index (χ1) is 14.5. The van der Waals surface area contributed by atoms with Crippen LogP contribution in [0.15, 0.2) is 48.5 Å². The maximum absolute atomic E-state index is 11.3. The van der Waals surface area contributed by atoms with Crippen molar-refractivity contribution in [3.8, 4) is 5.88 Å². The fourth-order valence-electron chi connectivity index (χ4n) is 3.92. The van der Waals surface area contributed by atoms with Crippen molar-refractivity contribution in [2.45, 2.75) is 38.1 Å². The molecule has 4 rings (SSSR count). The summed E-state index contributed by atoms with van der Waals surface area (Å²) in [6.07, 6.45) is 0.846. The zero-order chi connectivity index (χ0) is 21.1. The number of carbonyl (C=O) groups is 1. The van der Waals surface area contributed by atoms with Crippen molar-refractivity contribution in [3.63, 3.8) is 0 Å². The highest BCUT2D eigenvalue weighted by molar-refractivity contribution is 6.30. The van der Waals surface area contributed by atoms with E-state index in [1.165, 1.54) is 0 Å². The van der Waals surface area contributed by atoms with Crippen molar-refractivity contribution in [2.24, 2.45) is 0 Å². The molecule has 0 saturated carbocycles. The van der Waals surface area contributed by atoms with Gasteiger partial charge in [-0.15, -0.1) is 5.10 Å². The van der Waals surface area contributed by atoms with E-state index in [-0.39, 0.29) is 0 Å². The number of rotatable bonds is 8. The highest BCUT2D eigenvalue weighted by Gasteiger charge is 2.36. The smallest absolute Gasteiger partial charge is 0.320 e. The van der Waals surface area contributed by atoms with E-state index in [2.05, 4.69) is 5.10 Å². The lowest BCUT2D eigenvalue weighted by Crippen LogP contribution is -2.41. The highest BCUT2D eigenvalue weighted by Crippen LogP contribution is 2.26. The Labute approximate surface area is 179 Å². The molecule has 1 aliphatic rings. The van der Waals surface area contributed by atoms with Gasteiger partial charge in [0, 0.05) is 11.6 Å². The maximum atomic E-state index is 11.3. The van der Waals surface area contributed by atoms with E-state index in [0.29, 0.717) is 49.9 Å². The Morgan fingerprint density at radius 1 is 1.17 bits per heavy atom. The van der Waals surface area contributed by atoms with Crippen molar-refractivity contribution in [1.29, 1.82) is 0 Å². The second-order valence-electron chi connectivity index (χ2n) is 7.46. The molecule has 1 aromatic heterocycles. The minimum absolute atomic E-state index is 0.386.